The van der Waals surface area contributed by atoms with Crippen molar-refractivity contribution in [2.75, 3.05) is 11.9 Å². The van der Waals surface area contributed by atoms with Gasteiger partial charge in [0.1, 0.15) is 30.5 Å². The van der Waals surface area contributed by atoms with Crippen molar-refractivity contribution in [3.05, 3.63) is 48.3 Å². The second kappa shape index (κ2) is 9.27. The molecule has 10 nitrogen and oxygen atoms in total. The SMILES string of the molecule is OC[C@H]1O[C@@H](n2cnc3c(NC4CCC[C@H]4OCc4cccc(F)c4)ncnc32)[C@H](O)[C@@H]1O. The number of nitrogens with zero attached hydrogens (tertiary/aromatic N) is 4. The smallest absolute Gasteiger partial charge is 0.167 e. The predicted molar refractivity (Wildman–Crippen MR) is 115 cm³/mol. The minimum absolute atomic E-state index is 0.00396. The summed E-state index contributed by atoms with van der Waals surface area (Å²) in [5.74, 6) is 0.238. The van der Waals surface area contributed by atoms with E-state index in [1.165, 1.54) is 29.4 Å². The van der Waals surface area contributed by atoms with Gasteiger partial charge in [-0.05, 0) is 37.0 Å². The van der Waals surface area contributed by atoms with Crippen LogP contribution in [0.2, 0.25) is 0 Å². The number of aliphatic hydroxyl groups is 3. The molecule has 1 aliphatic heterocycles. The second-order valence-electron chi connectivity index (χ2n) is 8.44. The summed E-state index contributed by atoms with van der Waals surface area (Å²) in [6.45, 7) is -0.0957. The highest BCUT2D eigenvalue weighted by Gasteiger charge is 2.44. The number of hydrogen-bond acceptors (Lipinski definition) is 9. The Morgan fingerprint density at radius 1 is 1.18 bits per heavy atom. The molecule has 6 atom stereocenters. The van der Waals surface area contributed by atoms with Crippen molar-refractivity contribution in [1.82, 2.24) is 19.5 Å². The number of imidazole rings is 1. The first-order valence-corrected chi connectivity index (χ1v) is 11.0. The van der Waals surface area contributed by atoms with E-state index in [0.717, 1.165) is 24.8 Å². The zero-order valence-electron chi connectivity index (χ0n) is 17.8. The molecule has 2 aromatic heterocycles. The number of aromatic nitrogens is 4. The summed E-state index contributed by atoms with van der Waals surface area (Å²) < 4.78 is 26.6. The summed E-state index contributed by atoms with van der Waals surface area (Å²) in [6, 6.07) is 6.37. The number of aliphatic hydroxyl groups excluding tert-OH is 3. The summed E-state index contributed by atoms with van der Waals surface area (Å²) in [5.41, 5.74) is 1.70. The molecule has 1 saturated carbocycles. The fourth-order valence-electron chi connectivity index (χ4n) is 4.55. The quantitative estimate of drug-likeness (QED) is 0.410. The van der Waals surface area contributed by atoms with Gasteiger partial charge in [-0.2, -0.15) is 0 Å². The van der Waals surface area contributed by atoms with E-state index in [1.807, 2.05) is 6.07 Å². The molecule has 11 heteroatoms. The van der Waals surface area contributed by atoms with Gasteiger partial charge in [-0.3, -0.25) is 4.57 Å². The molecule has 0 spiro atoms. The van der Waals surface area contributed by atoms with Crippen LogP contribution in [0.15, 0.2) is 36.9 Å². The number of anilines is 1. The topological polar surface area (TPSA) is 135 Å². The molecule has 0 bridgehead atoms. The number of nitrogens with one attached hydrogen (secondary N) is 1. The number of ether oxygens (including phenoxy) is 2. The maximum absolute atomic E-state index is 13.4. The molecule has 33 heavy (non-hydrogen) atoms. The lowest BCUT2D eigenvalue weighted by Crippen LogP contribution is -2.33. The van der Waals surface area contributed by atoms with Gasteiger partial charge < -0.3 is 30.1 Å². The third-order valence-corrected chi connectivity index (χ3v) is 6.28. The van der Waals surface area contributed by atoms with Gasteiger partial charge in [0, 0.05) is 0 Å². The Balaban J connectivity index is 1.32. The lowest BCUT2D eigenvalue weighted by molar-refractivity contribution is -0.0511. The zero-order chi connectivity index (χ0) is 22.9. The Bertz CT molecular complexity index is 1110. The van der Waals surface area contributed by atoms with Crippen LogP contribution in [0.5, 0.6) is 0 Å². The maximum atomic E-state index is 13.4. The zero-order valence-corrected chi connectivity index (χ0v) is 17.8. The lowest BCUT2D eigenvalue weighted by atomic mass is 10.1. The molecule has 5 rings (SSSR count). The van der Waals surface area contributed by atoms with E-state index in [2.05, 4.69) is 20.3 Å². The Hall–Kier alpha value is -2.70. The summed E-state index contributed by atoms with van der Waals surface area (Å²) in [6.07, 6.45) is 1.26. The molecular formula is C22H26FN5O5. The van der Waals surface area contributed by atoms with Gasteiger partial charge in [-0.25, -0.2) is 19.3 Å². The Morgan fingerprint density at radius 3 is 2.85 bits per heavy atom. The van der Waals surface area contributed by atoms with Gasteiger partial charge in [-0.15, -0.1) is 0 Å². The molecular weight excluding hydrogens is 433 g/mol. The van der Waals surface area contributed by atoms with Crippen molar-refractivity contribution in [3.63, 3.8) is 0 Å². The molecule has 3 heterocycles. The Kier molecular flexibility index (Phi) is 6.21. The van der Waals surface area contributed by atoms with E-state index in [9.17, 15) is 19.7 Å². The fraction of sp³-hybridized carbons (Fsp3) is 0.500. The number of rotatable bonds is 7. The van der Waals surface area contributed by atoms with Crippen molar-refractivity contribution in [2.45, 2.75) is 62.6 Å². The Labute approximate surface area is 189 Å². The Morgan fingerprint density at radius 2 is 2.06 bits per heavy atom. The van der Waals surface area contributed by atoms with Crippen molar-refractivity contribution in [1.29, 1.82) is 0 Å². The minimum Gasteiger partial charge on any atom is -0.394 e. The highest BCUT2D eigenvalue weighted by Crippen LogP contribution is 2.33. The van der Waals surface area contributed by atoms with Crippen LogP contribution in [0, 0.1) is 5.82 Å². The van der Waals surface area contributed by atoms with Crippen LogP contribution in [0.1, 0.15) is 31.1 Å². The fourth-order valence-corrected chi connectivity index (χ4v) is 4.55. The van der Waals surface area contributed by atoms with Gasteiger partial charge in [0.25, 0.3) is 0 Å². The van der Waals surface area contributed by atoms with E-state index < -0.39 is 31.1 Å². The number of benzene rings is 1. The molecule has 1 aliphatic carbocycles. The van der Waals surface area contributed by atoms with Crippen LogP contribution >= 0.6 is 0 Å². The number of halogens is 1. The molecule has 0 amide bonds. The lowest BCUT2D eigenvalue weighted by Gasteiger charge is -2.22. The van der Waals surface area contributed by atoms with Gasteiger partial charge >= 0.3 is 0 Å². The van der Waals surface area contributed by atoms with Crippen LogP contribution < -0.4 is 5.32 Å². The van der Waals surface area contributed by atoms with Crippen LogP contribution in [0.4, 0.5) is 10.2 Å². The third-order valence-electron chi connectivity index (χ3n) is 6.28. The number of fused-ring (bicyclic) bond motifs is 1. The van der Waals surface area contributed by atoms with Crippen LogP contribution in [-0.4, -0.2) is 71.9 Å². The third kappa shape index (κ3) is 4.30. The van der Waals surface area contributed by atoms with Gasteiger partial charge in [0.15, 0.2) is 23.2 Å². The monoisotopic (exact) mass is 459 g/mol. The molecule has 4 N–H and O–H groups in total. The molecule has 1 saturated heterocycles. The molecule has 2 fully saturated rings. The van der Waals surface area contributed by atoms with Crippen LogP contribution in [0.25, 0.3) is 11.2 Å². The molecule has 1 aromatic carbocycles. The normalized spacial score (nSPS) is 29.7. The van der Waals surface area contributed by atoms with Gasteiger partial charge in [0.05, 0.1) is 31.7 Å². The first-order valence-electron chi connectivity index (χ1n) is 11.0. The second-order valence-corrected chi connectivity index (χ2v) is 8.44. The number of hydrogen-bond donors (Lipinski definition) is 4. The highest BCUT2D eigenvalue weighted by atomic mass is 19.1. The summed E-state index contributed by atoms with van der Waals surface area (Å²) >= 11 is 0. The average molecular weight is 459 g/mol. The van der Waals surface area contributed by atoms with E-state index in [-0.39, 0.29) is 18.0 Å². The highest BCUT2D eigenvalue weighted by molar-refractivity contribution is 5.82. The largest absolute Gasteiger partial charge is 0.394 e. The van der Waals surface area contributed by atoms with Crippen molar-refractivity contribution < 1.29 is 29.2 Å². The van der Waals surface area contributed by atoms with E-state index in [1.54, 1.807) is 6.07 Å². The summed E-state index contributed by atoms with van der Waals surface area (Å²) in [7, 11) is 0. The van der Waals surface area contributed by atoms with E-state index >= 15 is 0 Å². The molecule has 2 aliphatic rings. The summed E-state index contributed by atoms with van der Waals surface area (Å²) in [4.78, 5) is 13.0. The molecule has 3 aromatic rings. The van der Waals surface area contributed by atoms with Crippen molar-refractivity contribution in [3.8, 4) is 0 Å². The van der Waals surface area contributed by atoms with Crippen molar-refractivity contribution >= 4 is 17.0 Å². The standard InChI is InChI=1S/C22H26FN5O5/c23-13-4-1-3-12(7-13)9-32-15-6-2-5-14(15)27-20-17-21(25-10-24-20)28(11-26-17)22-19(31)18(30)16(8-29)33-22/h1,3-4,7,10-11,14-16,18-19,22,29-31H,2,5-6,8-9H2,(H,24,25,27)/t14?,15-,16-,18-,19-,22-/m1/s1. The van der Waals surface area contributed by atoms with Crippen molar-refractivity contribution in [2.24, 2.45) is 0 Å². The summed E-state index contributed by atoms with van der Waals surface area (Å²) in [5, 5.41) is 33.2. The predicted octanol–water partition coefficient (Wildman–Crippen LogP) is 1.13. The van der Waals surface area contributed by atoms with E-state index in [4.69, 9.17) is 9.47 Å². The minimum atomic E-state index is -1.23. The molecule has 0 radical (unpaired) electrons. The average Bonchev–Trinajstić information content (AvgIpc) is 3.51. The van der Waals surface area contributed by atoms with Gasteiger partial charge in [-0.1, -0.05) is 12.1 Å². The van der Waals surface area contributed by atoms with E-state index in [0.29, 0.717) is 23.6 Å². The first kappa shape index (κ1) is 22.1. The molecule has 176 valence electrons. The van der Waals surface area contributed by atoms with Crippen LogP contribution in [-0.2, 0) is 16.1 Å². The van der Waals surface area contributed by atoms with Gasteiger partial charge in [0.2, 0.25) is 0 Å². The maximum Gasteiger partial charge on any atom is 0.167 e. The molecule has 1 unspecified atom stereocenters. The van der Waals surface area contributed by atoms with Crippen LogP contribution in [0.3, 0.4) is 0 Å². The first-order chi connectivity index (χ1) is 16.0.